The van der Waals surface area contributed by atoms with E-state index in [2.05, 4.69) is 5.43 Å². The van der Waals surface area contributed by atoms with Crippen molar-refractivity contribution in [2.75, 3.05) is 13.1 Å². The van der Waals surface area contributed by atoms with E-state index < -0.39 is 0 Å². The van der Waals surface area contributed by atoms with Gasteiger partial charge in [0.05, 0.1) is 10.7 Å². The number of halogens is 3. The van der Waals surface area contributed by atoms with Gasteiger partial charge in [-0.2, -0.15) is 0 Å². The lowest BCUT2D eigenvalue weighted by Crippen LogP contribution is -2.45. The standard InChI is InChI=1S/C29H28Cl2N4O2.ClH/c1-20-27(29(36)33-34-16-6-3-7-17-34)32-28(25-15-10-22(30)18-26(25)31)35(20)23-11-13-24(14-12-23)37-19-21-8-4-2-5-9-21;/h2,4-5,8-15,18H,3,6-7,16-17,19H2,1H3,(H,33,36);1H. The van der Waals surface area contributed by atoms with E-state index in [4.69, 9.17) is 32.9 Å². The van der Waals surface area contributed by atoms with Gasteiger partial charge in [0.2, 0.25) is 0 Å². The van der Waals surface area contributed by atoms with Crippen LogP contribution in [0.3, 0.4) is 0 Å². The zero-order chi connectivity index (χ0) is 25.8. The van der Waals surface area contributed by atoms with Crippen LogP contribution in [0.2, 0.25) is 10.0 Å². The van der Waals surface area contributed by atoms with Crippen LogP contribution in [0.5, 0.6) is 5.75 Å². The number of hydrogen-bond donors (Lipinski definition) is 1. The highest BCUT2D eigenvalue weighted by Gasteiger charge is 2.24. The molecule has 1 aliphatic heterocycles. The molecular formula is C29H29Cl3N4O2. The number of carbonyl (C=O) groups excluding carboxylic acids is 1. The molecule has 0 unspecified atom stereocenters. The highest BCUT2D eigenvalue weighted by molar-refractivity contribution is 6.36. The average Bonchev–Trinajstić information content (AvgIpc) is 3.25. The maximum absolute atomic E-state index is 13.3. The Morgan fingerprint density at radius 1 is 0.974 bits per heavy atom. The van der Waals surface area contributed by atoms with Gasteiger partial charge in [-0.15, -0.1) is 12.4 Å². The number of piperidine rings is 1. The van der Waals surface area contributed by atoms with Gasteiger partial charge in [-0.3, -0.25) is 14.8 Å². The van der Waals surface area contributed by atoms with Gasteiger partial charge < -0.3 is 4.74 Å². The summed E-state index contributed by atoms with van der Waals surface area (Å²) >= 11 is 12.7. The van der Waals surface area contributed by atoms with E-state index in [-0.39, 0.29) is 18.3 Å². The summed E-state index contributed by atoms with van der Waals surface area (Å²) in [6.45, 7) is 4.06. The van der Waals surface area contributed by atoms with E-state index in [9.17, 15) is 4.79 Å². The van der Waals surface area contributed by atoms with E-state index in [1.807, 2.05) is 77.2 Å². The number of hydrazine groups is 1. The third kappa shape index (κ3) is 6.33. The highest BCUT2D eigenvalue weighted by atomic mass is 35.5. The predicted molar refractivity (Wildman–Crippen MR) is 155 cm³/mol. The molecule has 6 nitrogen and oxygen atoms in total. The lowest BCUT2D eigenvalue weighted by Gasteiger charge is -2.26. The molecule has 0 spiro atoms. The molecule has 5 rings (SSSR count). The summed E-state index contributed by atoms with van der Waals surface area (Å²) in [5.74, 6) is 1.09. The molecule has 0 radical (unpaired) electrons. The summed E-state index contributed by atoms with van der Waals surface area (Å²) in [5, 5.41) is 2.97. The molecule has 3 aromatic carbocycles. The molecule has 1 aromatic heterocycles. The largest absolute Gasteiger partial charge is 0.489 e. The Labute approximate surface area is 238 Å². The first kappa shape index (κ1) is 28.0. The number of rotatable bonds is 7. The molecule has 0 atom stereocenters. The van der Waals surface area contributed by atoms with Crippen molar-refractivity contribution in [3.8, 4) is 22.8 Å². The lowest BCUT2D eigenvalue weighted by atomic mass is 10.2. The Morgan fingerprint density at radius 3 is 2.37 bits per heavy atom. The Morgan fingerprint density at radius 2 is 1.68 bits per heavy atom. The van der Waals surface area contributed by atoms with Gasteiger partial charge in [-0.1, -0.05) is 60.0 Å². The number of imidazole rings is 1. The number of nitrogens with one attached hydrogen (secondary N) is 1. The van der Waals surface area contributed by atoms with Crippen LogP contribution in [0.4, 0.5) is 0 Å². The quantitative estimate of drug-likeness (QED) is 0.253. The van der Waals surface area contributed by atoms with Crippen LogP contribution in [0.25, 0.3) is 17.1 Å². The molecule has 1 fully saturated rings. The van der Waals surface area contributed by atoms with E-state index in [1.165, 1.54) is 6.42 Å². The van der Waals surface area contributed by atoms with E-state index in [0.29, 0.717) is 39.4 Å². The second-order valence-electron chi connectivity index (χ2n) is 9.09. The molecule has 9 heteroatoms. The van der Waals surface area contributed by atoms with Crippen molar-refractivity contribution in [2.45, 2.75) is 32.8 Å². The van der Waals surface area contributed by atoms with Crippen LogP contribution in [0, 0.1) is 6.92 Å². The average molecular weight is 572 g/mol. The lowest BCUT2D eigenvalue weighted by molar-refractivity contribution is 0.0744. The first-order valence-corrected chi connectivity index (χ1v) is 13.1. The SMILES string of the molecule is Cc1c(C(=O)NN2CCCCC2)nc(-c2ccc(Cl)cc2Cl)n1-c1ccc(OCc2ccccc2)cc1.Cl. The number of ether oxygens (including phenoxy) is 1. The first-order valence-electron chi connectivity index (χ1n) is 12.4. The number of nitrogens with zero attached hydrogens (tertiary/aromatic N) is 3. The Bertz CT molecular complexity index is 1390. The van der Waals surface area contributed by atoms with Crippen LogP contribution < -0.4 is 10.2 Å². The molecule has 1 N–H and O–H groups in total. The van der Waals surface area contributed by atoms with Gasteiger partial charge in [0, 0.05) is 29.4 Å². The second kappa shape index (κ2) is 12.7. The van der Waals surface area contributed by atoms with E-state index >= 15 is 0 Å². The minimum absolute atomic E-state index is 0. The molecule has 1 aliphatic rings. The van der Waals surface area contributed by atoms with Crippen molar-refractivity contribution in [1.29, 1.82) is 0 Å². The predicted octanol–water partition coefficient (Wildman–Crippen LogP) is 7.29. The number of aromatic nitrogens is 2. The van der Waals surface area contributed by atoms with Gasteiger partial charge in [-0.25, -0.2) is 9.99 Å². The van der Waals surface area contributed by atoms with Crippen molar-refractivity contribution in [3.63, 3.8) is 0 Å². The van der Waals surface area contributed by atoms with Gasteiger partial charge >= 0.3 is 0 Å². The summed E-state index contributed by atoms with van der Waals surface area (Å²) in [5.41, 5.74) is 6.73. The van der Waals surface area contributed by atoms with Crippen molar-refractivity contribution in [2.24, 2.45) is 0 Å². The zero-order valence-electron chi connectivity index (χ0n) is 21.0. The van der Waals surface area contributed by atoms with Crippen molar-refractivity contribution < 1.29 is 9.53 Å². The van der Waals surface area contributed by atoms with Crippen LogP contribution in [0.1, 0.15) is 41.0 Å². The molecule has 1 saturated heterocycles. The molecule has 0 saturated carbocycles. The normalized spacial score (nSPS) is 13.6. The monoisotopic (exact) mass is 570 g/mol. The maximum atomic E-state index is 13.3. The summed E-state index contributed by atoms with van der Waals surface area (Å²) in [4.78, 5) is 18.0. The maximum Gasteiger partial charge on any atom is 0.286 e. The van der Waals surface area contributed by atoms with Crippen molar-refractivity contribution >= 4 is 41.5 Å². The summed E-state index contributed by atoms with van der Waals surface area (Å²) < 4.78 is 7.90. The fourth-order valence-electron chi connectivity index (χ4n) is 4.52. The molecule has 1 amide bonds. The Kier molecular flexibility index (Phi) is 9.34. The molecule has 0 bridgehead atoms. The number of hydrogen-bond acceptors (Lipinski definition) is 4. The molecular weight excluding hydrogens is 543 g/mol. The summed E-state index contributed by atoms with van der Waals surface area (Å²) in [7, 11) is 0. The number of amides is 1. The molecule has 2 heterocycles. The highest BCUT2D eigenvalue weighted by Crippen LogP contribution is 2.33. The van der Waals surface area contributed by atoms with Crippen LogP contribution in [-0.2, 0) is 6.61 Å². The van der Waals surface area contributed by atoms with Crippen LogP contribution in [-0.4, -0.2) is 33.6 Å². The zero-order valence-corrected chi connectivity index (χ0v) is 23.3. The summed E-state index contributed by atoms with van der Waals surface area (Å²) in [6.07, 6.45) is 3.32. The number of carbonyl (C=O) groups is 1. The van der Waals surface area contributed by atoms with Crippen LogP contribution >= 0.6 is 35.6 Å². The number of benzene rings is 3. The minimum atomic E-state index is -0.229. The fraction of sp³-hybridized carbons (Fsp3) is 0.241. The smallest absolute Gasteiger partial charge is 0.286 e. The molecule has 4 aromatic rings. The summed E-state index contributed by atoms with van der Waals surface area (Å²) in [6, 6.07) is 23.0. The van der Waals surface area contributed by atoms with Gasteiger partial charge in [0.25, 0.3) is 5.91 Å². The van der Waals surface area contributed by atoms with Gasteiger partial charge in [0.15, 0.2) is 5.69 Å². The third-order valence-corrected chi connectivity index (χ3v) is 7.00. The molecule has 198 valence electrons. The van der Waals surface area contributed by atoms with E-state index in [0.717, 1.165) is 42.9 Å². The van der Waals surface area contributed by atoms with E-state index in [1.54, 1.807) is 12.1 Å². The van der Waals surface area contributed by atoms with Crippen molar-refractivity contribution in [3.05, 3.63) is 99.8 Å². The molecule has 0 aliphatic carbocycles. The minimum Gasteiger partial charge on any atom is -0.489 e. The van der Waals surface area contributed by atoms with Crippen molar-refractivity contribution in [1.82, 2.24) is 20.0 Å². The first-order chi connectivity index (χ1) is 18.0. The van der Waals surface area contributed by atoms with Crippen LogP contribution in [0.15, 0.2) is 72.8 Å². The van der Waals surface area contributed by atoms with Gasteiger partial charge in [-0.05, 0) is 67.8 Å². The molecule has 38 heavy (non-hydrogen) atoms. The topological polar surface area (TPSA) is 59.4 Å². The fourth-order valence-corrected chi connectivity index (χ4v) is 5.01. The third-order valence-electron chi connectivity index (χ3n) is 6.45. The second-order valence-corrected chi connectivity index (χ2v) is 9.93. The van der Waals surface area contributed by atoms with Gasteiger partial charge in [0.1, 0.15) is 18.2 Å². The Balaban J connectivity index is 0.00000336. The Hall–Kier alpha value is -3.03.